The summed E-state index contributed by atoms with van der Waals surface area (Å²) in [6.07, 6.45) is 0. The molecule has 0 unspecified atom stereocenters. The summed E-state index contributed by atoms with van der Waals surface area (Å²) < 4.78 is 8.87. The first-order valence-corrected chi connectivity index (χ1v) is 22.8. The predicted molar refractivity (Wildman–Crippen MR) is 273 cm³/mol. The van der Waals surface area contributed by atoms with Crippen molar-refractivity contribution in [1.82, 2.24) is 0 Å². The van der Waals surface area contributed by atoms with Gasteiger partial charge in [-0.2, -0.15) is 0 Å². The summed E-state index contributed by atoms with van der Waals surface area (Å²) >= 11 is 1.87. The minimum Gasteiger partial charge on any atom is -0.456 e. The Labute approximate surface area is 373 Å². The van der Waals surface area contributed by atoms with E-state index < -0.39 is 0 Å². The van der Waals surface area contributed by atoms with Crippen LogP contribution in [0.25, 0.3) is 86.3 Å². The Bertz CT molecular complexity index is 3500. The number of hydrogen-bond acceptors (Lipinski definition) is 3. The van der Waals surface area contributed by atoms with Gasteiger partial charge in [-0.1, -0.05) is 181 Å². The van der Waals surface area contributed by atoms with E-state index in [1.807, 2.05) is 23.5 Å². The van der Waals surface area contributed by atoms with Gasteiger partial charge in [0.2, 0.25) is 0 Å². The Morgan fingerprint density at radius 3 is 1.76 bits per heavy atom. The van der Waals surface area contributed by atoms with Crippen molar-refractivity contribution >= 4 is 81.3 Å². The first-order chi connectivity index (χ1) is 30.5. The zero-order valence-electron chi connectivity index (χ0n) is 36.7. The zero-order chi connectivity index (χ0) is 43.0. The molecule has 0 fully saturated rings. The first-order valence-electron chi connectivity index (χ1n) is 22.0. The highest BCUT2D eigenvalue weighted by molar-refractivity contribution is 7.26. The predicted octanol–water partition coefficient (Wildman–Crippen LogP) is 18.2. The maximum absolute atomic E-state index is 6.31. The Hall–Kier alpha value is -6.94. The van der Waals surface area contributed by atoms with Crippen LogP contribution in [0.1, 0.15) is 52.7 Å². The molecular weight excluding hydrogens is 783 g/mol. The molecule has 9 aromatic carbocycles. The molecule has 306 valence electrons. The van der Waals surface area contributed by atoms with Gasteiger partial charge in [-0.25, -0.2) is 0 Å². The van der Waals surface area contributed by atoms with Crippen LogP contribution in [0.2, 0.25) is 0 Å². The van der Waals surface area contributed by atoms with E-state index in [4.69, 9.17) is 4.42 Å². The van der Waals surface area contributed by atoms with Gasteiger partial charge in [0.1, 0.15) is 11.2 Å². The molecule has 0 saturated carbocycles. The molecule has 0 bridgehead atoms. The Morgan fingerprint density at radius 2 is 1.00 bits per heavy atom. The van der Waals surface area contributed by atoms with E-state index in [9.17, 15) is 0 Å². The second kappa shape index (κ2) is 14.9. The van der Waals surface area contributed by atoms with Crippen LogP contribution in [0, 0.1) is 0 Å². The van der Waals surface area contributed by atoms with E-state index in [1.54, 1.807) is 0 Å². The minimum absolute atomic E-state index is 0.000136. The number of rotatable bonds is 6. The van der Waals surface area contributed by atoms with Gasteiger partial charge in [-0.3, -0.25) is 0 Å². The summed E-state index contributed by atoms with van der Waals surface area (Å²) in [5.74, 6) is 0. The molecule has 0 N–H and O–H groups in total. The molecule has 0 saturated heterocycles. The average molecular weight is 832 g/mol. The molecule has 0 amide bonds. The third-order valence-corrected chi connectivity index (χ3v) is 14.0. The van der Waals surface area contributed by atoms with E-state index in [0.717, 1.165) is 50.1 Å². The molecule has 0 aliphatic heterocycles. The van der Waals surface area contributed by atoms with Crippen LogP contribution in [0.15, 0.2) is 192 Å². The van der Waals surface area contributed by atoms with Crippen molar-refractivity contribution in [2.75, 3.05) is 4.90 Å². The topological polar surface area (TPSA) is 16.4 Å². The number of furan rings is 1. The molecule has 0 aliphatic rings. The molecule has 3 heteroatoms. The fourth-order valence-corrected chi connectivity index (χ4v) is 10.6. The average Bonchev–Trinajstić information content (AvgIpc) is 3.87. The van der Waals surface area contributed by atoms with Gasteiger partial charge in [0.15, 0.2) is 0 Å². The van der Waals surface area contributed by atoms with Gasteiger partial charge in [0.05, 0.1) is 16.1 Å². The number of anilines is 3. The highest BCUT2D eigenvalue weighted by Crippen LogP contribution is 2.49. The van der Waals surface area contributed by atoms with Crippen LogP contribution in [0.4, 0.5) is 17.1 Å². The maximum Gasteiger partial charge on any atom is 0.136 e. The summed E-state index contributed by atoms with van der Waals surface area (Å²) in [5, 5.41) is 7.32. The lowest BCUT2D eigenvalue weighted by Gasteiger charge is -2.29. The van der Waals surface area contributed by atoms with Crippen molar-refractivity contribution in [2.45, 2.75) is 52.4 Å². The molecule has 2 heterocycles. The van der Waals surface area contributed by atoms with Gasteiger partial charge in [-0.05, 0) is 109 Å². The lowest BCUT2D eigenvalue weighted by atomic mass is 9.78. The van der Waals surface area contributed by atoms with Crippen LogP contribution in [0.3, 0.4) is 0 Å². The Morgan fingerprint density at radius 1 is 0.413 bits per heavy atom. The lowest BCUT2D eigenvalue weighted by Crippen LogP contribution is -2.16. The van der Waals surface area contributed by atoms with Crippen LogP contribution in [-0.4, -0.2) is 0 Å². The standard InChI is InChI=1S/C60H49NOS/c1-59(2,3)42-34-41(35-43(37-42)60(4,5)6)45-21-13-16-39-17-14-22-50(57(39)45)46-18-7-10-24-52(46)61(53-25-15-23-51-49-20-9-12-27-56(49)63-58(51)53)44-31-28-38(29-32-44)40-30-33-48-47-19-8-11-26-54(47)62-55(48)36-40/h7-37H,1-6H3. The van der Waals surface area contributed by atoms with Gasteiger partial charge in [-0.15, -0.1) is 11.3 Å². The van der Waals surface area contributed by atoms with Crippen LogP contribution in [-0.2, 0) is 10.8 Å². The highest BCUT2D eigenvalue weighted by atomic mass is 32.1. The van der Waals surface area contributed by atoms with E-state index in [-0.39, 0.29) is 10.8 Å². The number of benzene rings is 9. The van der Waals surface area contributed by atoms with Crippen molar-refractivity contribution in [2.24, 2.45) is 0 Å². The van der Waals surface area contributed by atoms with E-state index >= 15 is 0 Å². The van der Waals surface area contributed by atoms with Gasteiger partial charge >= 0.3 is 0 Å². The highest BCUT2D eigenvalue weighted by Gasteiger charge is 2.25. The van der Waals surface area contributed by atoms with Gasteiger partial charge in [0, 0.05) is 37.5 Å². The molecular formula is C60H49NOS. The third kappa shape index (κ3) is 6.79. The second-order valence-electron chi connectivity index (χ2n) is 19.0. The fourth-order valence-electron chi connectivity index (χ4n) is 9.38. The maximum atomic E-state index is 6.31. The van der Waals surface area contributed by atoms with E-state index in [0.29, 0.717) is 0 Å². The third-order valence-electron chi connectivity index (χ3n) is 12.8. The number of nitrogens with zero attached hydrogens (tertiary/aromatic N) is 1. The van der Waals surface area contributed by atoms with Gasteiger partial charge < -0.3 is 9.32 Å². The number of fused-ring (bicyclic) bond motifs is 7. The number of thiophene rings is 1. The molecule has 0 spiro atoms. The Balaban J connectivity index is 1.12. The summed E-state index contributed by atoms with van der Waals surface area (Å²) in [6.45, 7) is 13.9. The van der Waals surface area contributed by atoms with Crippen molar-refractivity contribution in [3.63, 3.8) is 0 Å². The van der Waals surface area contributed by atoms with Crippen LogP contribution >= 0.6 is 11.3 Å². The SMILES string of the molecule is CC(C)(C)c1cc(-c2cccc3cccc(-c4ccccc4N(c4ccc(-c5ccc6c(c5)oc5ccccc56)cc4)c4cccc5c4sc4ccccc45)c23)cc(C(C)(C)C)c1. The zero-order valence-corrected chi connectivity index (χ0v) is 37.5. The quantitative estimate of drug-likeness (QED) is 0.166. The molecule has 63 heavy (non-hydrogen) atoms. The van der Waals surface area contributed by atoms with E-state index in [2.05, 4.69) is 222 Å². The summed E-state index contributed by atoms with van der Waals surface area (Å²) in [7, 11) is 0. The van der Waals surface area contributed by atoms with Crippen LogP contribution in [0.5, 0.6) is 0 Å². The molecule has 2 nitrogen and oxygen atoms in total. The summed E-state index contributed by atoms with van der Waals surface area (Å²) in [4.78, 5) is 2.48. The Kier molecular flexibility index (Phi) is 9.19. The second-order valence-corrected chi connectivity index (χ2v) is 20.0. The minimum atomic E-state index is -0.000136. The largest absolute Gasteiger partial charge is 0.456 e. The molecule has 0 aliphatic carbocycles. The van der Waals surface area contributed by atoms with Crippen molar-refractivity contribution in [1.29, 1.82) is 0 Å². The molecule has 0 atom stereocenters. The number of para-hydroxylation sites is 2. The smallest absolute Gasteiger partial charge is 0.136 e. The normalized spacial score (nSPS) is 12.3. The molecule has 11 rings (SSSR count). The first kappa shape index (κ1) is 38.9. The van der Waals surface area contributed by atoms with Crippen molar-refractivity contribution < 1.29 is 4.42 Å². The molecule has 2 aromatic heterocycles. The van der Waals surface area contributed by atoms with Crippen molar-refractivity contribution in [3.8, 4) is 33.4 Å². The van der Waals surface area contributed by atoms with E-state index in [1.165, 1.54) is 64.3 Å². The summed E-state index contributed by atoms with van der Waals surface area (Å²) in [6, 6.07) is 69.3. The lowest BCUT2D eigenvalue weighted by molar-refractivity contribution is 0.569. The monoisotopic (exact) mass is 831 g/mol. The van der Waals surface area contributed by atoms with Gasteiger partial charge in [0.25, 0.3) is 0 Å². The molecule has 0 radical (unpaired) electrons. The summed E-state index contributed by atoms with van der Waals surface area (Å²) in [5.41, 5.74) is 15.0. The van der Waals surface area contributed by atoms with Crippen LogP contribution < -0.4 is 4.90 Å². The number of hydrogen-bond donors (Lipinski definition) is 0. The van der Waals surface area contributed by atoms with Crippen molar-refractivity contribution in [3.05, 3.63) is 199 Å². The fraction of sp³-hybridized carbons (Fsp3) is 0.133. The molecule has 11 aromatic rings.